The molecule has 0 spiro atoms. The van der Waals surface area contributed by atoms with Crippen LogP contribution in [0.1, 0.15) is 29.8 Å². The number of aromatic carboxylic acids is 1. The standard InChI is InChI=1S/C12H12N4O2/c1-8(2)3-9-4-10(12(17)18)6-11(5-9)16-7-13-14-15-16/h3-7H,1-2H3,(H,17,18). The lowest BCUT2D eigenvalue weighted by Crippen LogP contribution is -2.02. The largest absolute Gasteiger partial charge is 0.478 e. The molecule has 18 heavy (non-hydrogen) atoms. The van der Waals surface area contributed by atoms with E-state index in [-0.39, 0.29) is 5.56 Å². The highest BCUT2D eigenvalue weighted by atomic mass is 16.4. The minimum Gasteiger partial charge on any atom is -0.478 e. The fraction of sp³-hybridized carbons (Fsp3) is 0.167. The van der Waals surface area contributed by atoms with Crippen molar-refractivity contribution in [2.45, 2.75) is 13.8 Å². The second kappa shape index (κ2) is 4.79. The van der Waals surface area contributed by atoms with Gasteiger partial charge in [-0.25, -0.2) is 9.48 Å². The van der Waals surface area contributed by atoms with Crippen LogP contribution in [0.15, 0.2) is 30.1 Å². The van der Waals surface area contributed by atoms with Crippen molar-refractivity contribution in [2.24, 2.45) is 0 Å². The van der Waals surface area contributed by atoms with Crippen LogP contribution in [-0.4, -0.2) is 31.3 Å². The lowest BCUT2D eigenvalue weighted by Gasteiger charge is -2.04. The quantitative estimate of drug-likeness (QED) is 0.890. The molecule has 0 aliphatic heterocycles. The van der Waals surface area contributed by atoms with E-state index in [9.17, 15) is 4.79 Å². The lowest BCUT2D eigenvalue weighted by atomic mass is 10.1. The second-order valence-corrected chi connectivity index (χ2v) is 4.09. The molecule has 0 aliphatic carbocycles. The number of carbonyl (C=O) groups is 1. The maximum Gasteiger partial charge on any atom is 0.335 e. The molecule has 2 rings (SSSR count). The topological polar surface area (TPSA) is 80.9 Å². The number of hydrogen-bond donors (Lipinski definition) is 1. The van der Waals surface area contributed by atoms with Gasteiger partial charge in [-0.3, -0.25) is 0 Å². The van der Waals surface area contributed by atoms with Gasteiger partial charge in [-0.15, -0.1) is 5.10 Å². The number of benzene rings is 1. The summed E-state index contributed by atoms with van der Waals surface area (Å²) >= 11 is 0. The first-order valence-electron chi connectivity index (χ1n) is 5.33. The van der Waals surface area contributed by atoms with Gasteiger partial charge in [0.15, 0.2) is 0 Å². The van der Waals surface area contributed by atoms with Gasteiger partial charge in [0.25, 0.3) is 0 Å². The summed E-state index contributed by atoms with van der Waals surface area (Å²) in [5, 5.41) is 19.9. The molecule has 0 saturated heterocycles. The molecule has 0 radical (unpaired) electrons. The summed E-state index contributed by atoms with van der Waals surface area (Å²) in [4.78, 5) is 11.1. The summed E-state index contributed by atoms with van der Waals surface area (Å²) in [5.41, 5.74) is 2.71. The van der Waals surface area contributed by atoms with Gasteiger partial charge in [-0.2, -0.15) is 0 Å². The highest BCUT2D eigenvalue weighted by molar-refractivity contribution is 5.89. The normalized spacial score (nSPS) is 10.1. The van der Waals surface area contributed by atoms with E-state index in [2.05, 4.69) is 15.5 Å². The van der Waals surface area contributed by atoms with E-state index in [1.165, 1.54) is 17.1 Å². The van der Waals surface area contributed by atoms with Crippen LogP contribution in [0.25, 0.3) is 11.8 Å². The highest BCUT2D eigenvalue weighted by Crippen LogP contribution is 2.16. The number of tetrazole rings is 1. The Hall–Kier alpha value is -2.50. The number of hydrogen-bond acceptors (Lipinski definition) is 4. The van der Waals surface area contributed by atoms with Crippen LogP contribution < -0.4 is 0 Å². The third-order valence-corrected chi connectivity index (χ3v) is 2.26. The predicted octanol–water partition coefficient (Wildman–Crippen LogP) is 1.78. The molecule has 0 aliphatic rings. The van der Waals surface area contributed by atoms with Crippen LogP contribution in [0, 0.1) is 0 Å². The zero-order valence-electron chi connectivity index (χ0n) is 10.0. The molecule has 1 aromatic carbocycles. The highest BCUT2D eigenvalue weighted by Gasteiger charge is 2.08. The van der Waals surface area contributed by atoms with E-state index < -0.39 is 5.97 Å². The minimum absolute atomic E-state index is 0.204. The Bertz CT molecular complexity index is 599. The molecule has 1 N–H and O–H groups in total. The molecule has 6 heteroatoms. The summed E-state index contributed by atoms with van der Waals surface area (Å²) < 4.78 is 1.43. The average molecular weight is 244 g/mol. The van der Waals surface area contributed by atoms with E-state index in [0.717, 1.165) is 11.1 Å². The van der Waals surface area contributed by atoms with Crippen molar-refractivity contribution < 1.29 is 9.90 Å². The van der Waals surface area contributed by atoms with Crippen LogP contribution in [0.2, 0.25) is 0 Å². The molecule has 1 aromatic heterocycles. The molecule has 0 bridgehead atoms. The van der Waals surface area contributed by atoms with Crippen molar-refractivity contribution in [1.29, 1.82) is 0 Å². The van der Waals surface area contributed by atoms with Gasteiger partial charge in [0.05, 0.1) is 11.3 Å². The Balaban J connectivity index is 2.57. The molecule has 0 amide bonds. The number of rotatable bonds is 3. The van der Waals surface area contributed by atoms with Crippen molar-refractivity contribution in [2.75, 3.05) is 0 Å². The summed E-state index contributed by atoms with van der Waals surface area (Å²) in [7, 11) is 0. The van der Waals surface area contributed by atoms with Crippen LogP contribution in [0.4, 0.5) is 0 Å². The number of carboxylic acids is 1. The van der Waals surface area contributed by atoms with Gasteiger partial charge in [0.1, 0.15) is 6.33 Å². The summed E-state index contributed by atoms with van der Waals surface area (Å²) in [5.74, 6) is -0.978. The Morgan fingerprint density at radius 2 is 2.11 bits per heavy atom. The number of allylic oxidation sites excluding steroid dienone is 1. The van der Waals surface area contributed by atoms with Crippen molar-refractivity contribution >= 4 is 12.0 Å². The Morgan fingerprint density at radius 1 is 1.33 bits per heavy atom. The first-order valence-corrected chi connectivity index (χ1v) is 5.33. The van der Waals surface area contributed by atoms with Crippen LogP contribution in [-0.2, 0) is 0 Å². The molecule has 0 fully saturated rings. The van der Waals surface area contributed by atoms with Gasteiger partial charge in [0.2, 0.25) is 0 Å². The van der Waals surface area contributed by atoms with E-state index >= 15 is 0 Å². The van der Waals surface area contributed by atoms with Crippen molar-refractivity contribution in [3.8, 4) is 5.69 Å². The Morgan fingerprint density at radius 3 is 2.67 bits per heavy atom. The third-order valence-electron chi connectivity index (χ3n) is 2.26. The van der Waals surface area contributed by atoms with E-state index in [4.69, 9.17) is 5.11 Å². The van der Waals surface area contributed by atoms with Crippen molar-refractivity contribution in [1.82, 2.24) is 20.2 Å². The van der Waals surface area contributed by atoms with E-state index in [1.807, 2.05) is 26.0 Å². The monoisotopic (exact) mass is 244 g/mol. The fourth-order valence-electron chi connectivity index (χ4n) is 1.59. The molecular weight excluding hydrogens is 232 g/mol. The molecule has 0 atom stereocenters. The summed E-state index contributed by atoms with van der Waals surface area (Å²) in [6.07, 6.45) is 3.33. The maximum atomic E-state index is 11.1. The first kappa shape index (κ1) is 12.0. The Labute approximate surface area is 104 Å². The zero-order valence-corrected chi connectivity index (χ0v) is 10.0. The SMILES string of the molecule is CC(C)=Cc1cc(C(=O)O)cc(-n2cnnn2)c1. The molecule has 1 heterocycles. The zero-order chi connectivity index (χ0) is 13.1. The third kappa shape index (κ3) is 2.60. The molecule has 0 unspecified atom stereocenters. The lowest BCUT2D eigenvalue weighted by molar-refractivity contribution is 0.0697. The number of carboxylic acid groups (broad SMARTS) is 1. The van der Waals surface area contributed by atoms with Crippen LogP contribution in [0.3, 0.4) is 0 Å². The molecule has 92 valence electrons. The number of nitrogens with zero attached hydrogens (tertiary/aromatic N) is 4. The van der Waals surface area contributed by atoms with Crippen LogP contribution in [0.5, 0.6) is 0 Å². The average Bonchev–Trinajstić information content (AvgIpc) is 2.80. The molecular formula is C12H12N4O2. The van der Waals surface area contributed by atoms with Gasteiger partial charge in [-0.05, 0) is 48.0 Å². The van der Waals surface area contributed by atoms with Gasteiger partial charge in [0, 0.05) is 0 Å². The van der Waals surface area contributed by atoms with E-state index in [1.54, 1.807) is 6.07 Å². The molecule has 2 aromatic rings. The number of aromatic nitrogens is 4. The predicted molar refractivity (Wildman–Crippen MR) is 65.4 cm³/mol. The molecule has 6 nitrogen and oxygen atoms in total. The first-order chi connectivity index (χ1) is 8.56. The van der Waals surface area contributed by atoms with Crippen molar-refractivity contribution in [3.05, 3.63) is 41.2 Å². The van der Waals surface area contributed by atoms with Gasteiger partial charge < -0.3 is 5.11 Å². The molecule has 0 saturated carbocycles. The van der Waals surface area contributed by atoms with Crippen molar-refractivity contribution in [3.63, 3.8) is 0 Å². The fourth-order valence-corrected chi connectivity index (χ4v) is 1.59. The summed E-state index contributed by atoms with van der Waals surface area (Å²) in [6, 6.07) is 4.97. The minimum atomic E-state index is -0.978. The van der Waals surface area contributed by atoms with E-state index in [0.29, 0.717) is 5.69 Å². The Kier molecular flexibility index (Phi) is 3.18. The smallest absolute Gasteiger partial charge is 0.335 e. The van der Waals surface area contributed by atoms with Crippen LogP contribution >= 0.6 is 0 Å². The second-order valence-electron chi connectivity index (χ2n) is 4.09. The van der Waals surface area contributed by atoms with Gasteiger partial charge >= 0.3 is 5.97 Å². The summed E-state index contributed by atoms with van der Waals surface area (Å²) in [6.45, 7) is 3.90. The van der Waals surface area contributed by atoms with Gasteiger partial charge in [-0.1, -0.05) is 11.6 Å². The maximum absolute atomic E-state index is 11.1.